The summed E-state index contributed by atoms with van der Waals surface area (Å²) < 4.78 is 5.09. The van der Waals surface area contributed by atoms with Crippen molar-refractivity contribution in [3.8, 4) is 0 Å². The molecule has 0 saturated carbocycles. The molecule has 1 fully saturated rings. The van der Waals surface area contributed by atoms with E-state index < -0.39 is 5.97 Å². The zero-order chi connectivity index (χ0) is 13.7. The van der Waals surface area contributed by atoms with Crippen molar-refractivity contribution in [2.75, 3.05) is 32.8 Å². The molecule has 2 rings (SSSR count). The number of likely N-dealkylation sites (tertiary alicyclic amines) is 1. The van der Waals surface area contributed by atoms with Crippen LogP contribution >= 0.6 is 11.3 Å². The lowest BCUT2D eigenvalue weighted by atomic mass is 9.99. The van der Waals surface area contributed by atoms with Crippen LogP contribution in [0.5, 0.6) is 0 Å². The van der Waals surface area contributed by atoms with Crippen molar-refractivity contribution >= 4 is 17.3 Å². The average Bonchev–Trinajstić information content (AvgIpc) is 2.82. The van der Waals surface area contributed by atoms with Gasteiger partial charge < -0.3 is 14.7 Å². The fourth-order valence-electron chi connectivity index (χ4n) is 2.37. The van der Waals surface area contributed by atoms with Crippen LogP contribution in [0.1, 0.15) is 29.5 Å². The number of rotatable bonds is 6. The van der Waals surface area contributed by atoms with Gasteiger partial charge in [0.05, 0.1) is 11.6 Å². The van der Waals surface area contributed by atoms with Gasteiger partial charge in [0.1, 0.15) is 6.61 Å². The molecule has 1 aliphatic heterocycles. The van der Waals surface area contributed by atoms with Gasteiger partial charge in [-0.05, 0) is 26.3 Å². The number of carboxylic acid groups (broad SMARTS) is 1. The number of carbonyl (C=O) groups is 1. The third kappa shape index (κ3) is 4.56. The Morgan fingerprint density at radius 1 is 1.68 bits per heavy atom. The molecule has 1 aromatic rings. The molecule has 1 unspecified atom stereocenters. The van der Waals surface area contributed by atoms with Gasteiger partial charge in [-0.1, -0.05) is 0 Å². The van der Waals surface area contributed by atoms with Crippen LogP contribution in [0.25, 0.3) is 0 Å². The second kappa shape index (κ2) is 6.98. The highest BCUT2D eigenvalue weighted by Crippen LogP contribution is 2.28. The van der Waals surface area contributed by atoms with Crippen molar-refractivity contribution in [2.45, 2.75) is 25.7 Å². The summed E-state index contributed by atoms with van der Waals surface area (Å²) >= 11 is 1.74. The normalized spacial score (nSPS) is 20.6. The van der Waals surface area contributed by atoms with Gasteiger partial charge in [-0.2, -0.15) is 0 Å². The second-order valence-corrected chi connectivity index (χ2v) is 5.80. The fourth-order valence-corrected chi connectivity index (χ4v) is 3.30. The lowest BCUT2D eigenvalue weighted by molar-refractivity contribution is -0.142. The molecule has 1 N–H and O–H groups in total. The van der Waals surface area contributed by atoms with Crippen LogP contribution in [-0.2, 0) is 9.53 Å². The summed E-state index contributed by atoms with van der Waals surface area (Å²) in [6.07, 6.45) is 2.36. The molecule has 0 aliphatic carbocycles. The Bertz CT molecular complexity index is 422. The van der Waals surface area contributed by atoms with Crippen LogP contribution in [0, 0.1) is 6.92 Å². The van der Waals surface area contributed by atoms with Crippen molar-refractivity contribution in [3.05, 3.63) is 16.1 Å². The van der Waals surface area contributed by atoms with Gasteiger partial charge in [0.15, 0.2) is 0 Å². The number of ether oxygens (including phenoxy) is 1. The van der Waals surface area contributed by atoms with Crippen LogP contribution < -0.4 is 0 Å². The SMILES string of the molecule is Cc1csc(C2CCCN(CCOCC(=O)O)C2)n1. The number of aliphatic carboxylic acids is 1. The third-order valence-electron chi connectivity index (χ3n) is 3.27. The highest BCUT2D eigenvalue weighted by molar-refractivity contribution is 7.09. The van der Waals surface area contributed by atoms with Gasteiger partial charge in [0.25, 0.3) is 0 Å². The summed E-state index contributed by atoms with van der Waals surface area (Å²) in [6.45, 7) is 5.17. The summed E-state index contributed by atoms with van der Waals surface area (Å²) in [6, 6.07) is 0. The minimum absolute atomic E-state index is 0.205. The Kier molecular flexibility index (Phi) is 5.30. The van der Waals surface area contributed by atoms with Gasteiger partial charge in [-0.3, -0.25) is 0 Å². The average molecular weight is 284 g/mol. The van der Waals surface area contributed by atoms with Gasteiger partial charge in [-0.25, -0.2) is 9.78 Å². The number of carboxylic acids is 1. The van der Waals surface area contributed by atoms with Crippen molar-refractivity contribution in [1.29, 1.82) is 0 Å². The highest BCUT2D eigenvalue weighted by Gasteiger charge is 2.23. The smallest absolute Gasteiger partial charge is 0.329 e. The van der Waals surface area contributed by atoms with E-state index in [2.05, 4.69) is 15.3 Å². The van der Waals surface area contributed by atoms with E-state index in [1.807, 2.05) is 6.92 Å². The zero-order valence-electron chi connectivity index (χ0n) is 11.2. The largest absolute Gasteiger partial charge is 0.480 e. The molecule has 5 nitrogen and oxygen atoms in total. The molecule has 106 valence electrons. The summed E-state index contributed by atoms with van der Waals surface area (Å²) in [5.41, 5.74) is 1.10. The Hall–Kier alpha value is -0.980. The molecule has 0 aromatic carbocycles. The van der Waals surface area contributed by atoms with Crippen LogP contribution in [0.4, 0.5) is 0 Å². The lowest BCUT2D eigenvalue weighted by Gasteiger charge is -2.31. The molecule has 0 radical (unpaired) electrons. The van der Waals surface area contributed by atoms with Crippen LogP contribution in [0.3, 0.4) is 0 Å². The van der Waals surface area contributed by atoms with Gasteiger partial charge in [0.2, 0.25) is 0 Å². The van der Waals surface area contributed by atoms with E-state index in [1.165, 1.54) is 17.8 Å². The Morgan fingerprint density at radius 3 is 3.21 bits per heavy atom. The molecule has 19 heavy (non-hydrogen) atoms. The molecule has 2 heterocycles. The van der Waals surface area contributed by atoms with E-state index in [1.54, 1.807) is 11.3 Å². The first-order valence-corrected chi connectivity index (χ1v) is 7.47. The van der Waals surface area contributed by atoms with Crippen LogP contribution in [0.15, 0.2) is 5.38 Å². The number of piperidine rings is 1. The van der Waals surface area contributed by atoms with E-state index >= 15 is 0 Å². The summed E-state index contributed by atoms with van der Waals surface area (Å²) in [5, 5.41) is 11.8. The number of nitrogens with zero attached hydrogens (tertiary/aromatic N) is 2. The monoisotopic (exact) mass is 284 g/mol. The molecule has 6 heteroatoms. The minimum Gasteiger partial charge on any atom is -0.480 e. The summed E-state index contributed by atoms with van der Waals surface area (Å²) in [7, 11) is 0. The maximum absolute atomic E-state index is 10.3. The van der Waals surface area contributed by atoms with Crippen LogP contribution in [-0.4, -0.2) is 53.8 Å². The van der Waals surface area contributed by atoms with Crippen LogP contribution in [0.2, 0.25) is 0 Å². The Balaban J connectivity index is 1.76. The number of hydrogen-bond donors (Lipinski definition) is 1. The number of aryl methyl sites for hydroxylation is 1. The second-order valence-electron chi connectivity index (χ2n) is 4.91. The quantitative estimate of drug-likeness (QED) is 0.806. The maximum atomic E-state index is 10.3. The van der Waals surface area contributed by atoms with Gasteiger partial charge >= 0.3 is 5.97 Å². The standard InChI is InChI=1S/C13H20N2O3S/c1-10-9-19-13(14-10)11-3-2-4-15(7-11)5-6-18-8-12(16)17/h9,11H,2-8H2,1H3,(H,16,17). The highest BCUT2D eigenvalue weighted by atomic mass is 32.1. The van der Waals surface area contributed by atoms with E-state index in [-0.39, 0.29) is 6.61 Å². The molecule has 1 aliphatic rings. The predicted octanol–water partition coefficient (Wildman–Crippen LogP) is 1.73. The first-order chi connectivity index (χ1) is 9.15. The van der Waals surface area contributed by atoms with Crippen molar-refractivity contribution in [3.63, 3.8) is 0 Å². The van der Waals surface area contributed by atoms with Gasteiger partial charge in [-0.15, -0.1) is 11.3 Å². The molecule has 1 atom stereocenters. The van der Waals surface area contributed by atoms with E-state index in [0.717, 1.165) is 25.3 Å². The maximum Gasteiger partial charge on any atom is 0.329 e. The summed E-state index contributed by atoms with van der Waals surface area (Å²) in [5.74, 6) is -0.387. The molecule has 0 bridgehead atoms. The van der Waals surface area contributed by atoms with Crippen molar-refractivity contribution in [2.24, 2.45) is 0 Å². The van der Waals surface area contributed by atoms with E-state index in [4.69, 9.17) is 9.84 Å². The third-order valence-corrected chi connectivity index (χ3v) is 4.39. The van der Waals surface area contributed by atoms with E-state index in [0.29, 0.717) is 12.5 Å². The molecular weight excluding hydrogens is 264 g/mol. The van der Waals surface area contributed by atoms with Crippen molar-refractivity contribution in [1.82, 2.24) is 9.88 Å². The molecule has 1 saturated heterocycles. The fraction of sp³-hybridized carbons (Fsp3) is 0.692. The molecule has 1 aromatic heterocycles. The summed E-state index contributed by atoms with van der Waals surface area (Å²) in [4.78, 5) is 17.3. The zero-order valence-corrected chi connectivity index (χ0v) is 12.0. The molecule has 0 amide bonds. The first-order valence-electron chi connectivity index (χ1n) is 6.59. The number of hydrogen-bond acceptors (Lipinski definition) is 5. The first kappa shape index (κ1) is 14.4. The molecular formula is C13H20N2O3S. The predicted molar refractivity (Wildman–Crippen MR) is 73.7 cm³/mol. The Labute approximate surface area is 117 Å². The minimum atomic E-state index is -0.908. The van der Waals surface area contributed by atoms with Gasteiger partial charge in [0, 0.05) is 30.1 Å². The molecule has 0 spiro atoms. The Morgan fingerprint density at radius 2 is 2.53 bits per heavy atom. The topological polar surface area (TPSA) is 62.7 Å². The van der Waals surface area contributed by atoms with Crippen molar-refractivity contribution < 1.29 is 14.6 Å². The van der Waals surface area contributed by atoms with E-state index in [9.17, 15) is 4.79 Å². The lowest BCUT2D eigenvalue weighted by Crippen LogP contribution is -2.36. The number of aromatic nitrogens is 1. The number of thiazole rings is 1.